The van der Waals surface area contributed by atoms with Crippen LogP contribution < -0.4 is 5.73 Å². The van der Waals surface area contributed by atoms with Gasteiger partial charge in [0.15, 0.2) is 0 Å². The van der Waals surface area contributed by atoms with Crippen molar-refractivity contribution in [3.05, 3.63) is 0 Å². The summed E-state index contributed by atoms with van der Waals surface area (Å²) in [5.41, 5.74) is 5.62. The maximum Gasteiger partial charge on any atom is 0.0105 e. The molecule has 3 heteroatoms. The van der Waals surface area contributed by atoms with E-state index in [0.29, 0.717) is 0 Å². The molecule has 0 atom stereocenters. The van der Waals surface area contributed by atoms with Gasteiger partial charge >= 0.3 is 0 Å². The number of hydrogen-bond donors (Lipinski definition) is 1. The normalized spacial score (nSPS) is 23.5. The maximum absolute atomic E-state index is 5.62. The largest absolute Gasteiger partial charge is 0.329 e. The standard InChI is InChI=1S/C16H33N3/c1-18(10-6-15-4-2-3-5-15)14-16-7-11-19(12-8-16)13-9-17/h15-16H,2-14,17H2,1H3. The van der Waals surface area contributed by atoms with Gasteiger partial charge in [0.1, 0.15) is 0 Å². The van der Waals surface area contributed by atoms with Crippen LogP contribution in [-0.4, -0.2) is 56.1 Å². The average molecular weight is 267 g/mol. The van der Waals surface area contributed by atoms with Gasteiger partial charge in [-0.2, -0.15) is 0 Å². The third kappa shape index (κ3) is 5.41. The van der Waals surface area contributed by atoms with Crippen LogP contribution in [0.2, 0.25) is 0 Å². The SMILES string of the molecule is CN(CCC1CCCC1)CC1CCN(CCN)CC1. The van der Waals surface area contributed by atoms with Crippen molar-refractivity contribution in [2.45, 2.75) is 44.9 Å². The third-order valence-corrected chi connectivity index (χ3v) is 5.12. The van der Waals surface area contributed by atoms with Crippen molar-refractivity contribution in [3.8, 4) is 0 Å². The summed E-state index contributed by atoms with van der Waals surface area (Å²) in [6.45, 7) is 7.05. The fraction of sp³-hybridized carbons (Fsp3) is 1.00. The lowest BCUT2D eigenvalue weighted by atomic mass is 9.96. The van der Waals surface area contributed by atoms with E-state index in [9.17, 15) is 0 Å². The third-order valence-electron chi connectivity index (χ3n) is 5.12. The Morgan fingerprint density at radius 1 is 1.05 bits per heavy atom. The second-order valence-corrected chi connectivity index (χ2v) is 6.78. The molecule has 1 saturated heterocycles. The molecule has 0 spiro atoms. The smallest absolute Gasteiger partial charge is 0.0105 e. The van der Waals surface area contributed by atoms with Crippen LogP contribution in [0.4, 0.5) is 0 Å². The van der Waals surface area contributed by atoms with Gasteiger partial charge in [-0.1, -0.05) is 25.7 Å². The molecule has 0 radical (unpaired) electrons. The van der Waals surface area contributed by atoms with Gasteiger partial charge in [0.2, 0.25) is 0 Å². The van der Waals surface area contributed by atoms with Gasteiger partial charge in [-0.3, -0.25) is 0 Å². The number of nitrogens with zero attached hydrogens (tertiary/aromatic N) is 2. The summed E-state index contributed by atoms with van der Waals surface area (Å²) >= 11 is 0. The minimum Gasteiger partial charge on any atom is -0.329 e. The first-order valence-corrected chi connectivity index (χ1v) is 8.39. The fourth-order valence-corrected chi connectivity index (χ4v) is 3.81. The zero-order valence-corrected chi connectivity index (χ0v) is 12.8. The highest BCUT2D eigenvalue weighted by atomic mass is 15.1. The molecule has 1 saturated carbocycles. The number of likely N-dealkylation sites (tertiary alicyclic amines) is 1. The monoisotopic (exact) mass is 267 g/mol. The van der Waals surface area contributed by atoms with Crippen LogP contribution in [0.25, 0.3) is 0 Å². The van der Waals surface area contributed by atoms with Crippen molar-refractivity contribution >= 4 is 0 Å². The number of hydrogen-bond acceptors (Lipinski definition) is 3. The molecule has 2 fully saturated rings. The van der Waals surface area contributed by atoms with Crippen molar-refractivity contribution < 1.29 is 0 Å². The highest BCUT2D eigenvalue weighted by molar-refractivity contribution is 4.75. The predicted molar refractivity (Wildman–Crippen MR) is 82.3 cm³/mol. The van der Waals surface area contributed by atoms with E-state index in [1.165, 1.54) is 71.1 Å². The summed E-state index contributed by atoms with van der Waals surface area (Å²) in [7, 11) is 2.32. The van der Waals surface area contributed by atoms with Crippen LogP contribution >= 0.6 is 0 Å². The van der Waals surface area contributed by atoms with E-state index in [4.69, 9.17) is 5.73 Å². The maximum atomic E-state index is 5.62. The van der Waals surface area contributed by atoms with E-state index in [-0.39, 0.29) is 0 Å². The van der Waals surface area contributed by atoms with E-state index in [0.717, 1.165) is 24.9 Å². The number of rotatable bonds is 7. The molecule has 0 aromatic carbocycles. The molecule has 2 aliphatic rings. The van der Waals surface area contributed by atoms with E-state index < -0.39 is 0 Å². The van der Waals surface area contributed by atoms with Gasteiger partial charge in [-0.05, 0) is 57.8 Å². The Kier molecular flexibility index (Phi) is 6.62. The van der Waals surface area contributed by atoms with E-state index >= 15 is 0 Å². The lowest BCUT2D eigenvalue weighted by molar-refractivity contribution is 0.154. The number of piperidine rings is 1. The first-order valence-electron chi connectivity index (χ1n) is 8.39. The second kappa shape index (κ2) is 8.23. The van der Waals surface area contributed by atoms with Crippen molar-refractivity contribution in [1.29, 1.82) is 0 Å². The molecule has 2 rings (SSSR count). The fourth-order valence-electron chi connectivity index (χ4n) is 3.81. The average Bonchev–Trinajstić information content (AvgIpc) is 2.92. The van der Waals surface area contributed by atoms with Gasteiger partial charge in [0.25, 0.3) is 0 Å². The minimum atomic E-state index is 0.811. The molecule has 1 heterocycles. The molecule has 0 unspecified atom stereocenters. The Morgan fingerprint density at radius 3 is 2.37 bits per heavy atom. The highest BCUT2D eigenvalue weighted by Gasteiger charge is 2.20. The van der Waals surface area contributed by atoms with Gasteiger partial charge in [-0.15, -0.1) is 0 Å². The molecule has 1 aliphatic heterocycles. The first kappa shape index (κ1) is 15.3. The Hall–Kier alpha value is -0.120. The zero-order valence-electron chi connectivity index (χ0n) is 12.8. The number of nitrogens with two attached hydrogens (primary N) is 1. The molecule has 0 bridgehead atoms. The molecular weight excluding hydrogens is 234 g/mol. The quantitative estimate of drug-likeness (QED) is 0.767. The van der Waals surface area contributed by atoms with Crippen LogP contribution in [0.5, 0.6) is 0 Å². The topological polar surface area (TPSA) is 32.5 Å². The summed E-state index contributed by atoms with van der Waals surface area (Å²) in [6.07, 6.45) is 10.1. The van der Waals surface area contributed by atoms with Gasteiger partial charge in [0, 0.05) is 19.6 Å². The van der Waals surface area contributed by atoms with Crippen molar-refractivity contribution in [2.24, 2.45) is 17.6 Å². The second-order valence-electron chi connectivity index (χ2n) is 6.78. The van der Waals surface area contributed by atoms with Crippen molar-refractivity contribution in [3.63, 3.8) is 0 Å². The van der Waals surface area contributed by atoms with Crippen LogP contribution in [-0.2, 0) is 0 Å². The first-order chi connectivity index (χ1) is 9.28. The molecule has 112 valence electrons. The summed E-state index contributed by atoms with van der Waals surface area (Å²) in [4.78, 5) is 5.11. The molecule has 0 aromatic rings. The van der Waals surface area contributed by atoms with Crippen LogP contribution in [0.1, 0.15) is 44.9 Å². The molecular formula is C16H33N3. The molecule has 0 aromatic heterocycles. The minimum absolute atomic E-state index is 0.811. The van der Waals surface area contributed by atoms with E-state index in [2.05, 4.69) is 16.8 Å². The van der Waals surface area contributed by atoms with Gasteiger partial charge in [-0.25, -0.2) is 0 Å². The van der Waals surface area contributed by atoms with E-state index in [1.54, 1.807) is 0 Å². The summed E-state index contributed by atoms with van der Waals surface area (Å²) in [5, 5.41) is 0. The Balaban J connectivity index is 1.56. The highest BCUT2D eigenvalue weighted by Crippen LogP contribution is 2.27. The van der Waals surface area contributed by atoms with Crippen LogP contribution in [0.15, 0.2) is 0 Å². The zero-order chi connectivity index (χ0) is 13.5. The predicted octanol–water partition coefficient (Wildman–Crippen LogP) is 2.17. The lowest BCUT2D eigenvalue weighted by Gasteiger charge is -2.33. The van der Waals surface area contributed by atoms with Gasteiger partial charge < -0.3 is 15.5 Å². The summed E-state index contributed by atoms with van der Waals surface area (Å²) < 4.78 is 0. The van der Waals surface area contributed by atoms with E-state index in [1.807, 2.05) is 0 Å². The van der Waals surface area contributed by atoms with Crippen molar-refractivity contribution in [2.75, 3.05) is 46.3 Å². The Morgan fingerprint density at radius 2 is 1.74 bits per heavy atom. The van der Waals surface area contributed by atoms with Crippen LogP contribution in [0, 0.1) is 11.8 Å². The molecule has 0 amide bonds. The van der Waals surface area contributed by atoms with Crippen LogP contribution in [0.3, 0.4) is 0 Å². The van der Waals surface area contributed by atoms with Gasteiger partial charge in [0.05, 0.1) is 0 Å². The molecule has 1 aliphatic carbocycles. The summed E-state index contributed by atoms with van der Waals surface area (Å²) in [5.74, 6) is 1.96. The van der Waals surface area contributed by atoms with Crippen molar-refractivity contribution in [1.82, 2.24) is 9.80 Å². The summed E-state index contributed by atoms with van der Waals surface area (Å²) in [6, 6.07) is 0. The molecule has 3 nitrogen and oxygen atoms in total. The Bertz CT molecular complexity index is 230. The molecule has 2 N–H and O–H groups in total. The lowest BCUT2D eigenvalue weighted by Crippen LogP contribution is -2.40. The Labute approximate surface area is 119 Å². The molecule has 19 heavy (non-hydrogen) atoms.